The van der Waals surface area contributed by atoms with Crippen molar-refractivity contribution in [3.05, 3.63) is 40.7 Å². The minimum atomic E-state index is -0.117. The molecule has 0 N–H and O–H groups in total. The molecule has 6 nitrogen and oxygen atoms in total. The van der Waals surface area contributed by atoms with Crippen molar-refractivity contribution in [1.82, 2.24) is 14.7 Å². The number of amides is 1. The first-order chi connectivity index (χ1) is 11.4. The van der Waals surface area contributed by atoms with Crippen LogP contribution in [0.4, 0.5) is 0 Å². The van der Waals surface area contributed by atoms with E-state index in [4.69, 9.17) is 9.47 Å². The van der Waals surface area contributed by atoms with Crippen molar-refractivity contribution >= 4 is 5.91 Å². The van der Waals surface area contributed by atoms with E-state index in [9.17, 15) is 4.79 Å². The van der Waals surface area contributed by atoms with Gasteiger partial charge in [-0.1, -0.05) is 6.07 Å². The second kappa shape index (κ2) is 7.38. The number of hydrogen-bond donors (Lipinski definition) is 0. The molecule has 2 aromatic rings. The van der Waals surface area contributed by atoms with Gasteiger partial charge in [0.25, 0.3) is 5.91 Å². The standard InChI is InChI=1S/C18H25N3O3/c1-7-21-13(3)15(12(2)19-21)11-20(4)18(22)14-9-8-10-16(23-5)17(14)24-6/h8-10H,7,11H2,1-6H3. The summed E-state index contributed by atoms with van der Waals surface area (Å²) in [6, 6.07) is 5.30. The molecule has 0 aliphatic heterocycles. The zero-order chi connectivity index (χ0) is 17.9. The van der Waals surface area contributed by atoms with Crippen molar-refractivity contribution in [3.8, 4) is 11.5 Å². The van der Waals surface area contributed by atoms with Crippen LogP contribution >= 0.6 is 0 Å². The number of benzene rings is 1. The number of aryl methyl sites for hydroxylation is 2. The van der Waals surface area contributed by atoms with Crippen LogP contribution in [-0.4, -0.2) is 41.9 Å². The molecule has 24 heavy (non-hydrogen) atoms. The van der Waals surface area contributed by atoms with Gasteiger partial charge < -0.3 is 14.4 Å². The van der Waals surface area contributed by atoms with Crippen molar-refractivity contribution in [2.75, 3.05) is 21.3 Å². The first kappa shape index (κ1) is 17.8. The molecule has 0 fully saturated rings. The number of nitrogens with zero attached hydrogens (tertiary/aromatic N) is 3. The normalized spacial score (nSPS) is 10.6. The van der Waals surface area contributed by atoms with E-state index in [-0.39, 0.29) is 5.91 Å². The van der Waals surface area contributed by atoms with Crippen molar-refractivity contribution in [2.24, 2.45) is 0 Å². The third kappa shape index (κ3) is 3.22. The summed E-state index contributed by atoms with van der Waals surface area (Å²) < 4.78 is 12.6. The molecular weight excluding hydrogens is 306 g/mol. The topological polar surface area (TPSA) is 56.6 Å². The maximum Gasteiger partial charge on any atom is 0.257 e. The van der Waals surface area contributed by atoms with Gasteiger partial charge in [0.1, 0.15) is 0 Å². The first-order valence-electron chi connectivity index (χ1n) is 7.93. The summed E-state index contributed by atoms with van der Waals surface area (Å²) >= 11 is 0. The summed E-state index contributed by atoms with van der Waals surface area (Å²) in [5.41, 5.74) is 3.60. The van der Waals surface area contributed by atoms with E-state index in [0.717, 1.165) is 23.5 Å². The summed E-state index contributed by atoms with van der Waals surface area (Å²) in [6.45, 7) is 7.37. The van der Waals surface area contributed by atoms with Crippen LogP contribution in [0.25, 0.3) is 0 Å². The smallest absolute Gasteiger partial charge is 0.257 e. The van der Waals surface area contributed by atoms with E-state index in [1.807, 2.05) is 18.5 Å². The zero-order valence-corrected chi connectivity index (χ0v) is 15.2. The van der Waals surface area contributed by atoms with Gasteiger partial charge in [-0.3, -0.25) is 9.48 Å². The lowest BCUT2D eigenvalue weighted by molar-refractivity contribution is 0.0780. The minimum Gasteiger partial charge on any atom is -0.493 e. The van der Waals surface area contributed by atoms with Gasteiger partial charge in [0.15, 0.2) is 11.5 Å². The lowest BCUT2D eigenvalue weighted by Crippen LogP contribution is -2.27. The minimum absolute atomic E-state index is 0.117. The van der Waals surface area contributed by atoms with E-state index in [1.165, 1.54) is 7.11 Å². The highest BCUT2D eigenvalue weighted by Crippen LogP contribution is 2.31. The van der Waals surface area contributed by atoms with Gasteiger partial charge >= 0.3 is 0 Å². The maximum atomic E-state index is 12.9. The Morgan fingerprint density at radius 1 is 1.25 bits per heavy atom. The lowest BCUT2D eigenvalue weighted by Gasteiger charge is -2.20. The number of para-hydroxylation sites is 1. The van der Waals surface area contributed by atoms with E-state index < -0.39 is 0 Å². The molecular formula is C18H25N3O3. The molecule has 0 atom stereocenters. The van der Waals surface area contributed by atoms with E-state index in [1.54, 1.807) is 37.3 Å². The van der Waals surface area contributed by atoms with Crippen LogP contribution in [0, 0.1) is 13.8 Å². The Balaban J connectivity index is 2.30. The third-order valence-corrected chi connectivity index (χ3v) is 4.21. The van der Waals surface area contributed by atoms with Crippen molar-refractivity contribution < 1.29 is 14.3 Å². The summed E-state index contributed by atoms with van der Waals surface area (Å²) in [4.78, 5) is 14.5. The number of carbonyl (C=O) groups is 1. The number of aromatic nitrogens is 2. The Labute approximate surface area is 143 Å². The second-order valence-electron chi connectivity index (χ2n) is 5.67. The quantitative estimate of drug-likeness (QED) is 0.817. The Morgan fingerprint density at radius 2 is 1.96 bits per heavy atom. The fourth-order valence-corrected chi connectivity index (χ4v) is 2.84. The average Bonchev–Trinajstić information content (AvgIpc) is 2.87. The fraction of sp³-hybridized carbons (Fsp3) is 0.444. The molecule has 6 heteroatoms. The van der Waals surface area contributed by atoms with Gasteiger partial charge in [-0.15, -0.1) is 0 Å². The van der Waals surface area contributed by atoms with Crippen molar-refractivity contribution in [3.63, 3.8) is 0 Å². The molecule has 0 saturated heterocycles. The van der Waals surface area contributed by atoms with E-state index in [2.05, 4.69) is 12.0 Å². The lowest BCUT2D eigenvalue weighted by atomic mass is 10.1. The van der Waals surface area contributed by atoms with Crippen molar-refractivity contribution in [2.45, 2.75) is 33.9 Å². The van der Waals surface area contributed by atoms with Gasteiger partial charge in [0, 0.05) is 31.4 Å². The van der Waals surface area contributed by atoms with Gasteiger partial charge in [-0.25, -0.2) is 0 Å². The Bertz CT molecular complexity index is 737. The molecule has 0 aliphatic carbocycles. The molecule has 0 aliphatic rings. The maximum absolute atomic E-state index is 12.9. The van der Waals surface area contributed by atoms with Gasteiger partial charge in [-0.2, -0.15) is 5.10 Å². The molecule has 0 bridgehead atoms. The van der Waals surface area contributed by atoms with Gasteiger partial charge in [0.05, 0.1) is 25.5 Å². The zero-order valence-electron chi connectivity index (χ0n) is 15.2. The highest BCUT2D eigenvalue weighted by Gasteiger charge is 2.21. The van der Waals surface area contributed by atoms with Crippen LogP contribution in [0.5, 0.6) is 11.5 Å². The van der Waals surface area contributed by atoms with Crippen LogP contribution in [0.15, 0.2) is 18.2 Å². The van der Waals surface area contributed by atoms with Crippen LogP contribution < -0.4 is 9.47 Å². The highest BCUT2D eigenvalue weighted by atomic mass is 16.5. The third-order valence-electron chi connectivity index (χ3n) is 4.21. The number of methoxy groups -OCH3 is 2. The summed E-state index contributed by atoms with van der Waals surface area (Å²) in [6.07, 6.45) is 0. The van der Waals surface area contributed by atoms with E-state index in [0.29, 0.717) is 23.6 Å². The predicted molar refractivity (Wildman–Crippen MR) is 92.7 cm³/mol. The van der Waals surface area contributed by atoms with Crippen LogP contribution in [-0.2, 0) is 13.1 Å². The fourth-order valence-electron chi connectivity index (χ4n) is 2.84. The summed E-state index contributed by atoms with van der Waals surface area (Å²) in [5.74, 6) is 0.881. The SMILES string of the molecule is CCn1nc(C)c(CN(C)C(=O)c2cccc(OC)c2OC)c1C. The molecule has 1 heterocycles. The van der Waals surface area contributed by atoms with Gasteiger partial charge in [-0.05, 0) is 32.9 Å². The molecule has 1 aromatic carbocycles. The van der Waals surface area contributed by atoms with Gasteiger partial charge in [0.2, 0.25) is 0 Å². The molecule has 0 spiro atoms. The highest BCUT2D eigenvalue weighted by molar-refractivity contribution is 5.97. The molecule has 0 saturated carbocycles. The average molecular weight is 331 g/mol. The Morgan fingerprint density at radius 3 is 2.50 bits per heavy atom. The molecule has 0 unspecified atom stereocenters. The Hall–Kier alpha value is -2.50. The van der Waals surface area contributed by atoms with Crippen LogP contribution in [0.2, 0.25) is 0 Å². The monoisotopic (exact) mass is 331 g/mol. The molecule has 2 rings (SSSR count). The number of carbonyl (C=O) groups excluding carboxylic acids is 1. The largest absolute Gasteiger partial charge is 0.493 e. The molecule has 1 amide bonds. The van der Waals surface area contributed by atoms with Crippen LogP contribution in [0.3, 0.4) is 0 Å². The number of hydrogen-bond acceptors (Lipinski definition) is 4. The molecule has 0 radical (unpaired) electrons. The number of rotatable bonds is 6. The van der Waals surface area contributed by atoms with E-state index >= 15 is 0 Å². The molecule has 130 valence electrons. The second-order valence-corrected chi connectivity index (χ2v) is 5.67. The Kier molecular flexibility index (Phi) is 5.49. The molecule has 1 aromatic heterocycles. The van der Waals surface area contributed by atoms with Crippen molar-refractivity contribution in [1.29, 1.82) is 0 Å². The summed E-state index contributed by atoms with van der Waals surface area (Å²) in [7, 11) is 4.87. The summed E-state index contributed by atoms with van der Waals surface area (Å²) in [5, 5.41) is 4.51. The predicted octanol–water partition coefficient (Wildman–Crippen LogP) is 2.81. The first-order valence-corrected chi connectivity index (χ1v) is 7.93. The number of ether oxygens (including phenoxy) is 2. The van der Waals surface area contributed by atoms with Crippen LogP contribution in [0.1, 0.15) is 34.2 Å².